The van der Waals surface area contributed by atoms with E-state index in [4.69, 9.17) is 11.6 Å². The molecule has 0 unspecified atom stereocenters. The molecule has 1 aromatic heterocycles. The van der Waals surface area contributed by atoms with E-state index in [0.717, 1.165) is 16.0 Å². The molecule has 4 nitrogen and oxygen atoms in total. The topological polar surface area (TPSA) is 54.0 Å². The molecule has 0 radical (unpaired) electrons. The average Bonchev–Trinajstić information content (AvgIpc) is 2.66. The van der Waals surface area contributed by atoms with Crippen molar-refractivity contribution in [3.8, 4) is 0 Å². The van der Waals surface area contributed by atoms with Crippen molar-refractivity contribution < 1.29 is 18.0 Å². The molecule has 102 valence electrons. The fourth-order valence-electron chi connectivity index (χ4n) is 1.27. The molecule has 0 saturated carbocycles. The first-order valence-corrected chi connectivity index (χ1v) is 6.21. The Bertz CT molecular complexity index is 614. The van der Waals surface area contributed by atoms with E-state index in [2.05, 4.69) is 10.3 Å². The second kappa shape index (κ2) is 5.22. The normalized spacial score (nSPS) is 11.6. The van der Waals surface area contributed by atoms with Crippen LogP contribution < -0.4 is 10.6 Å². The SMILES string of the molecule is O=C(NCC(F)(F)F)Nc1nc2ccc(Cl)cc2s1. The minimum Gasteiger partial charge on any atom is -0.329 e. The van der Waals surface area contributed by atoms with Crippen LogP contribution in [-0.4, -0.2) is 23.7 Å². The molecule has 0 atom stereocenters. The number of rotatable bonds is 2. The van der Waals surface area contributed by atoms with E-state index >= 15 is 0 Å². The first-order valence-electron chi connectivity index (χ1n) is 5.01. The smallest absolute Gasteiger partial charge is 0.329 e. The molecule has 0 aliphatic carbocycles. The van der Waals surface area contributed by atoms with Gasteiger partial charge in [0.1, 0.15) is 6.54 Å². The first-order chi connectivity index (χ1) is 8.83. The molecule has 0 fully saturated rings. The molecule has 19 heavy (non-hydrogen) atoms. The van der Waals surface area contributed by atoms with Gasteiger partial charge >= 0.3 is 12.2 Å². The molecular weight excluding hydrogens is 303 g/mol. The van der Waals surface area contributed by atoms with Crippen LogP contribution in [-0.2, 0) is 0 Å². The zero-order valence-corrected chi connectivity index (χ0v) is 10.8. The molecule has 0 aliphatic rings. The third-order valence-corrected chi connectivity index (χ3v) is 3.19. The number of halogens is 4. The van der Waals surface area contributed by atoms with E-state index < -0.39 is 18.8 Å². The van der Waals surface area contributed by atoms with Gasteiger partial charge in [0.25, 0.3) is 0 Å². The fraction of sp³-hybridized carbons (Fsp3) is 0.200. The Morgan fingerprint density at radius 1 is 1.42 bits per heavy atom. The van der Waals surface area contributed by atoms with Crippen molar-refractivity contribution in [2.24, 2.45) is 0 Å². The molecule has 2 aromatic rings. The number of amides is 2. The van der Waals surface area contributed by atoms with Crippen LogP contribution in [0.4, 0.5) is 23.1 Å². The molecule has 1 heterocycles. The van der Waals surface area contributed by atoms with E-state index in [9.17, 15) is 18.0 Å². The number of hydrogen-bond acceptors (Lipinski definition) is 3. The van der Waals surface area contributed by atoms with Crippen molar-refractivity contribution in [2.45, 2.75) is 6.18 Å². The predicted octanol–water partition coefficient (Wildman–Crippen LogP) is 3.63. The summed E-state index contributed by atoms with van der Waals surface area (Å²) in [7, 11) is 0. The number of anilines is 1. The van der Waals surface area contributed by atoms with Gasteiger partial charge in [-0.2, -0.15) is 13.2 Å². The molecule has 2 amide bonds. The number of carbonyl (C=O) groups excluding carboxylic acids is 1. The van der Waals surface area contributed by atoms with Crippen molar-refractivity contribution in [3.63, 3.8) is 0 Å². The quantitative estimate of drug-likeness (QED) is 0.890. The summed E-state index contributed by atoms with van der Waals surface area (Å²) in [5.41, 5.74) is 0.612. The van der Waals surface area contributed by atoms with Crippen molar-refractivity contribution >= 4 is 44.3 Å². The third kappa shape index (κ3) is 3.97. The Kier molecular flexibility index (Phi) is 3.81. The highest BCUT2D eigenvalue weighted by molar-refractivity contribution is 7.22. The zero-order chi connectivity index (χ0) is 14.0. The van der Waals surface area contributed by atoms with E-state index in [1.165, 1.54) is 0 Å². The van der Waals surface area contributed by atoms with Gasteiger partial charge < -0.3 is 5.32 Å². The molecule has 9 heteroatoms. The lowest BCUT2D eigenvalue weighted by Crippen LogP contribution is -2.36. The number of nitrogens with zero attached hydrogens (tertiary/aromatic N) is 1. The Hall–Kier alpha value is -1.54. The molecule has 0 aliphatic heterocycles. The predicted molar refractivity (Wildman–Crippen MR) is 67.7 cm³/mol. The molecule has 0 spiro atoms. The number of carbonyl (C=O) groups is 1. The van der Waals surface area contributed by atoms with Crippen LogP contribution in [0.3, 0.4) is 0 Å². The monoisotopic (exact) mass is 309 g/mol. The van der Waals surface area contributed by atoms with Gasteiger partial charge in [-0.1, -0.05) is 22.9 Å². The van der Waals surface area contributed by atoms with Gasteiger partial charge in [0.05, 0.1) is 10.2 Å². The maximum Gasteiger partial charge on any atom is 0.405 e. The van der Waals surface area contributed by atoms with Gasteiger partial charge in [-0.05, 0) is 18.2 Å². The van der Waals surface area contributed by atoms with Gasteiger partial charge in [0.2, 0.25) is 0 Å². The largest absolute Gasteiger partial charge is 0.405 e. The standard InChI is InChI=1S/C10H7ClF3N3OS/c11-5-1-2-6-7(3-5)19-9(16-6)17-8(18)15-4-10(12,13)14/h1-3H,4H2,(H2,15,16,17,18). The molecular formula is C10H7ClF3N3OS. The lowest BCUT2D eigenvalue weighted by atomic mass is 10.3. The van der Waals surface area contributed by atoms with E-state index in [1.54, 1.807) is 23.5 Å². The number of fused-ring (bicyclic) bond motifs is 1. The summed E-state index contributed by atoms with van der Waals surface area (Å²) in [6.45, 7) is -1.39. The van der Waals surface area contributed by atoms with Crippen LogP contribution in [0.2, 0.25) is 5.02 Å². The summed E-state index contributed by atoms with van der Waals surface area (Å²) in [4.78, 5) is 15.3. The lowest BCUT2D eigenvalue weighted by Gasteiger charge is -2.07. The summed E-state index contributed by atoms with van der Waals surface area (Å²) in [5.74, 6) is 0. The lowest BCUT2D eigenvalue weighted by molar-refractivity contribution is -0.122. The number of nitrogens with one attached hydrogen (secondary N) is 2. The van der Waals surface area contributed by atoms with Gasteiger partial charge in [-0.25, -0.2) is 9.78 Å². The number of benzene rings is 1. The minimum atomic E-state index is -4.45. The third-order valence-electron chi connectivity index (χ3n) is 2.02. The highest BCUT2D eigenvalue weighted by atomic mass is 35.5. The number of thiazole rings is 1. The van der Waals surface area contributed by atoms with Crippen molar-refractivity contribution in [1.82, 2.24) is 10.3 Å². The molecule has 0 bridgehead atoms. The second-order valence-corrected chi connectivity index (χ2v) is 5.02. The fourth-order valence-corrected chi connectivity index (χ4v) is 2.41. The Morgan fingerprint density at radius 3 is 2.84 bits per heavy atom. The van der Waals surface area contributed by atoms with Crippen molar-refractivity contribution in [1.29, 1.82) is 0 Å². The molecule has 1 aromatic carbocycles. The van der Waals surface area contributed by atoms with Crippen LogP contribution in [0.25, 0.3) is 10.2 Å². The number of aromatic nitrogens is 1. The minimum absolute atomic E-state index is 0.206. The van der Waals surface area contributed by atoms with Gasteiger partial charge in [0, 0.05) is 5.02 Å². The van der Waals surface area contributed by atoms with Gasteiger partial charge in [0.15, 0.2) is 5.13 Å². The Balaban J connectivity index is 2.03. The highest BCUT2D eigenvalue weighted by Crippen LogP contribution is 2.28. The van der Waals surface area contributed by atoms with Crippen molar-refractivity contribution in [2.75, 3.05) is 11.9 Å². The summed E-state index contributed by atoms with van der Waals surface area (Å²) < 4.78 is 36.4. The number of urea groups is 1. The van der Waals surface area contributed by atoms with Crippen molar-refractivity contribution in [3.05, 3.63) is 23.2 Å². The summed E-state index contributed by atoms with van der Waals surface area (Å²) in [6, 6.07) is 4.00. The maximum absolute atomic E-state index is 11.9. The van der Waals surface area contributed by atoms with E-state index in [-0.39, 0.29) is 5.13 Å². The van der Waals surface area contributed by atoms with Gasteiger partial charge in [-0.15, -0.1) is 0 Å². The van der Waals surface area contributed by atoms with Crippen LogP contribution in [0, 0.1) is 0 Å². The zero-order valence-electron chi connectivity index (χ0n) is 9.21. The molecule has 2 N–H and O–H groups in total. The number of hydrogen-bond donors (Lipinski definition) is 2. The molecule has 0 saturated heterocycles. The summed E-state index contributed by atoms with van der Waals surface area (Å²) in [5, 5.41) is 4.65. The highest BCUT2D eigenvalue weighted by Gasteiger charge is 2.27. The average molecular weight is 310 g/mol. The maximum atomic E-state index is 11.9. The number of alkyl halides is 3. The Labute approximate surface area is 114 Å². The van der Waals surface area contributed by atoms with Crippen LogP contribution in [0.1, 0.15) is 0 Å². The van der Waals surface area contributed by atoms with Crippen LogP contribution in [0.5, 0.6) is 0 Å². The van der Waals surface area contributed by atoms with Crippen LogP contribution >= 0.6 is 22.9 Å². The van der Waals surface area contributed by atoms with Gasteiger partial charge in [-0.3, -0.25) is 5.32 Å². The van der Waals surface area contributed by atoms with Crippen LogP contribution in [0.15, 0.2) is 18.2 Å². The first kappa shape index (κ1) is 13.9. The molecule has 2 rings (SSSR count). The van der Waals surface area contributed by atoms with E-state index in [0.29, 0.717) is 10.5 Å². The summed E-state index contributed by atoms with van der Waals surface area (Å²) >= 11 is 6.91. The Morgan fingerprint density at radius 2 is 2.16 bits per heavy atom. The second-order valence-electron chi connectivity index (χ2n) is 3.55. The van der Waals surface area contributed by atoms with E-state index in [1.807, 2.05) is 0 Å². The summed E-state index contributed by atoms with van der Waals surface area (Å²) in [6.07, 6.45) is -4.45.